The van der Waals surface area contributed by atoms with Crippen molar-refractivity contribution in [2.75, 3.05) is 0 Å². The number of pyridine rings is 1. The Hall–Kier alpha value is -1.63. The van der Waals surface area contributed by atoms with Crippen LogP contribution in [0.15, 0.2) is 42.6 Å². The van der Waals surface area contributed by atoms with Crippen LogP contribution >= 0.6 is 0 Å². The molecule has 1 heteroatoms. The van der Waals surface area contributed by atoms with Crippen molar-refractivity contribution in [3.05, 3.63) is 53.9 Å². The van der Waals surface area contributed by atoms with E-state index in [1.54, 1.807) is 0 Å². The van der Waals surface area contributed by atoms with Gasteiger partial charge >= 0.3 is 0 Å². The lowest BCUT2D eigenvalue weighted by atomic mass is 9.78. The summed E-state index contributed by atoms with van der Waals surface area (Å²) < 4.78 is 0. The summed E-state index contributed by atoms with van der Waals surface area (Å²) in [6.07, 6.45) is 14.1. The van der Waals surface area contributed by atoms with E-state index in [9.17, 15) is 0 Å². The third kappa shape index (κ3) is 4.93. The van der Waals surface area contributed by atoms with Crippen molar-refractivity contribution in [1.82, 2.24) is 4.98 Å². The predicted molar refractivity (Wildman–Crippen MR) is 108 cm³/mol. The molecule has 3 rings (SSSR count). The molecule has 0 bridgehead atoms. The molecule has 0 saturated heterocycles. The number of rotatable bonds is 7. The second-order valence-corrected chi connectivity index (χ2v) is 7.78. The molecule has 0 atom stereocenters. The Kier molecular flexibility index (Phi) is 6.67. The zero-order valence-corrected chi connectivity index (χ0v) is 16.0. The summed E-state index contributed by atoms with van der Waals surface area (Å²) >= 11 is 0. The van der Waals surface area contributed by atoms with Crippen LogP contribution in [0.2, 0.25) is 0 Å². The van der Waals surface area contributed by atoms with Crippen LogP contribution in [0, 0.1) is 5.92 Å². The molecule has 1 saturated carbocycles. The van der Waals surface area contributed by atoms with E-state index < -0.39 is 0 Å². The smallest absolute Gasteiger partial charge is 0.0434 e. The molecule has 1 aliphatic rings. The van der Waals surface area contributed by atoms with E-state index in [1.165, 1.54) is 80.2 Å². The molecule has 1 aromatic heterocycles. The summed E-state index contributed by atoms with van der Waals surface area (Å²) in [6, 6.07) is 13.5. The van der Waals surface area contributed by atoms with Crippen LogP contribution < -0.4 is 0 Å². The fourth-order valence-electron chi connectivity index (χ4n) is 4.21. The molecular formula is C24H33N. The highest BCUT2D eigenvalue weighted by molar-refractivity contribution is 5.62. The van der Waals surface area contributed by atoms with Gasteiger partial charge in [0.2, 0.25) is 0 Å². The van der Waals surface area contributed by atoms with Gasteiger partial charge in [0.05, 0.1) is 0 Å². The summed E-state index contributed by atoms with van der Waals surface area (Å²) in [5.41, 5.74) is 5.25. The van der Waals surface area contributed by atoms with Crippen molar-refractivity contribution < 1.29 is 0 Å². The third-order valence-corrected chi connectivity index (χ3v) is 5.84. The average molecular weight is 336 g/mol. The van der Waals surface area contributed by atoms with E-state index in [2.05, 4.69) is 56.4 Å². The molecule has 1 aliphatic carbocycles. The van der Waals surface area contributed by atoms with Crippen LogP contribution in [0.3, 0.4) is 0 Å². The van der Waals surface area contributed by atoms with Gasteiger partial charge in [-0.2, -0.15) is 0 Å². The first-order chi connectivity index (χ1) is 12.3. The molecule has 2 aromatic rings. The Balaban J connectivity index is 1.59. The molecule has 134 valence electrons. The summed E-state index contributed by atoms with van der Waals surface area (Å²) in [5, 5.41) is 0. The number of hydrogen-bond acceptors (Lipinski definition) is 1. The zero-order chi connectivity index (χ0) is 17.5. The van der Waals surface area contributed by atoms with E-state index in [1.807, 2.05) is 0 Å². The highest BCUT2D eigenvalue weighted by Crippen LogP contribution is 2.37. The molecule has 0 aliphatic heterocycles. The molecule has 1 fully saturated rings. The molecule has 0 radical (unpaired) electrons. The fraction of sp³-hybridized carbons (Fsp3) is 0.542. The van der Waals surface area contributed by atoms with E-state index in [0.717, 1.165) is 5.92 Å². The Labute approximate surface area is 153 Å². The SMILES string of the molecule is CCCCC1CCC(c2ccc(-c3ccc(CCC)cc3)cn2)CC1. The van der Waals surface area contributed by atoms with Crippen LogP contribution in [0.5, 0.6) is 0 Å². The molecular weight excluding hydrogens is 302 g/mol. The molecule has 0 amide bonds. The molecule has 0 spiro atoms. The van der Waals surface area contributed by atoms with Crippen LogP contribution in [-0.2, 0) is 6.42 Å². The van der Waals surface area contributed by atoms with Crippen LogP contribution in [-0.4, -0.2) is 4.98 Å². The highest BCUT2D eigenvalue weighted by atomic mass is 14.7. The molecule has 1 aromatic carbocycles. The van der Waals surface area contributed by atoms with Gasteiger partial charge in [0.25, 0.3) is 0 Å². The van der Waals surface area contributed by atoms with Gasteiger partial charge in [0.1, 0.15) is 0 Å². The van der Waals surface area contributed by atoms with Gasteiger partial charge in [-0.25, -0.2) is 0 Å². The van der Waals surface area contributed by atoms with Gasteiger partial charge in [-0.15, -0.1) is 0 Å². The lowest BCUT2D eigenvalue weighted by molar-refractivity contribution is 0.301. The maximum absolute atomic E-state index is 4.82. The first-order valence-corrected chi connectivity index (χ1v) is 10.4. The zero-order valence-electron chi connectivity index (χ0n) is 16.0. The van der Waals surface area contributed by atoms with Crippen LogP contribution in [0.4, 0.5) is 0 Å². The van der Waals surface area contributed by atoms with Crippen molar-refractivity contribution >= 4 is 0 Å². The van der Waals surface area contributed by atoms with Crippen LogP contribution in [0.25, 0.3) is 11.1 Å². The van der Waals surface area contributed by atoms with Gasteiger partial charge in [-0.3, -0.25) is 4.98 Å². The third-order valence-electron chi connectivity index (χ3n) is 5.84. The van der Waals surface area contributed by atoms with Crippen molar-refractivity contribution in [3.63, 3.8) is 0 Å². The number of benzene rings is 1. The molecule has 0 N–H and O–H groups in total. The fourth-order valence-corrected chi connectivity index (χ4v) is 4.21. The lowest BCUT2D eigenvalue weighted by Gasteiger charge is -2.28. The van der Waals surface area contributed by atoms with E-state index in [0.29, 0.717) is 5.92 Å². The topological polar surface area (TPSA) is 12.9 Å². The van der Waals surface area contributed by atoms with Gasteiger partial charge in [-0.05, 0) is 55.2 Å². The Morgan fingerprint density at radius 3 is 2.16 bits per heavy atom. The summed E-state index contributed by atoms with van der Waals surface area (Å²) in [5.74, 6) is 1.65. The standard InChI is InChI=1S/C24H33N/c1-3-5-7-20-10-14-22(15-11-20)24-17-16-23(18-25-24)21-12-8-19(6-4-2)9-13-21/h8-9,12-13,16-18,20,22H,3-7,10-11,14-15H2,1-2H3. The largest absolute Gasteiger partial charge is 0.260 e. The second-order valence-electron chi connectivity index (χ2n) is 7.78. The van der Waals surface area contributed by atoms with Gasteiger partial charge in [0.15, 0.2) is 0 Å². The van der Waals surface area contributed by atoms with Crippen molar-refractivity contribution in [2.45, 2.75) is 77.6 Å². The minimum atomic E-state index is 0.679. The van der Waals surface area contributed by atoms with Crippen molar-refractivity contribution in [2.24, 2.45) is 5.92 Å². The Morgan fingerprint density at radius 1 is 0.840 bits per heavy atom. The second kappa shape index (κ2) is 9.17. The van der Waals surface area contributed by atoms with E-state index in [4.69, 9.17) is 4.98 Å². The molecule has 0 unspecified atom stereocenters. The number of nitrogens with zero attached hydrogens (tertiary/aromatic N) is 1. The number of aryl methyl sites for hydroxylation is 1. The van der Waals surface area contributed by atoms with E-state index in [-0.39, 0.29) is 0 Å². The number of hydrogen-bond donors (Lipinski definition) is 0. The monoisotopic (exact) mass is 335 g/mol. The maximum atomic E-state index is 4.82. The Morgan fingerprint density at radius 2 is 1.56 bits per heavy atom. The first kappa shape index (κ1) is 18.2. The molecule has 25 heavy (non-hydrogen) atoms. The van der Waals surface area contributed by atoms with Crippen LogP contribution in [0.1, 0.15) is 82.4 Å². The quantitative estimate of drug-likeness (QED) is 0.523. The maximum Gasteiger partial charge on any atom is 0.0434 e. The summed E-state index contributed by atoms with van der Waals surface area (Å²) in [6.45, 7) is 4.53. The molecule has 1 heterocycles. The number of unbranched alkanes of at least 4 members (excludes halogenated alkanes) is 1. The van der Waals surface area contributed by atoms with Gasteiger partial charge in [-0.1, -0.05) is 69.9 Å². The van der Waals surface area contributed by atoms with Crippen molar-refractivity contribution in [3.8, 4) is 11.1 Å². The molecule has 1 nitrogen and oxygen atoms in total. The predicted octanol–water partition coefficient (Wildman–Crippen LogP) is 7.17. The van der Waals surface area contributed by atoms with E-state index >= 15 is 0 Å². The summed E-state index contributed by atoms with van der Waals surface area (Å²) in [7, 11) is 0. The lowest BCUT2D eigenvalue weighted by Crippen LogP contribution is -2.14. The van der Waals surface area contributed by atoms with Gasteiger partial charge in [0, 0.05) is 23.4 Å². The first-order valence-electron chi connectivity index (χ1n) is 10.4. The van der Waals surface area contributed by atoms with Gasteiger partial charge < -0.3 is 0 Å². The highest BCUT2D eigenvalue weighted by Gasteiger charge is 2.22. The Bertz CT molecular complexity index is 618. The normalized spacial score (nSPS) is 20.6. The minimum Gasteiger partial charge on any atom is -0.260 e. The average Bonchev–Trinajstić information content (AvgIpc) is 2.68. The number of aromatic nitrogens is 1. The minimum absolute atomic E-state index is 0.679. The summed E-state index contributed by atoms with van der Waals surface area (Å²) in [4.78, 5) is 4.82. The van der Waals surface area contributed by atoms with Crippen molar-refractivity contribution in [1.29, 1.82) is 0 Å².